The molecule has 140 valence electrons. The van der Waals surface area contributed by atoms with Crippen molar-refractivity contribution < 1.29 is 9.47 Å². The Morgan fingerprint density at radius 1 is 1.00 bits per heavy atom. The van der Waals surface area contributed by atoms with E-state index in [1.165, 1.54) is 5.56 Å². The molecule has 0 saturated carbocycles. The molecule has 0 fully saturated rings. The van der Waals surface area contributed by atoms with Gasteiger partial charge in [0.05, 0.1) is 13.7 Å². The van der Waals surface area contributed by atoms with E-state index in [1.54, 1.807) is 14.2 Å². The average Bonchev–Trinajstić information content (AvgIpc) is 2.70. The van der Waals surface area contributed by atoms with Gasteiger partial charge in [0.15, 0.2) is 17.5 Å². The Morgan fingerprint density at radius 3 is 2.50 bits per heavy atom. The van der Waals surface area contributed by atoms with Gasteiger partial charge < -0.3 is 20.1 Å². The van der Waals surface area contributed by atoms with Gasteiger partial charge in [-0.2, -0.15) is 0 Å². The number of hydrogen-bond acceptors (Lipinski definition) is 3. The molecule has 0 spiro atoms. The van der Waals surface area contributed by atoms with E-state index in [0.717, 1.165) is 42.4 Å². The molecule has 2 aromatic carbocycles. The highest BCUT2D eigenvalue weighted by Crippen LogP contribution is 2.28. The number of benzene rings is 2. The SMILES string of the molecule is CCCOc1ccc(CNC(=NC)NCCc2ccccc2)cc1OC. The Hall–Kier alpha value is -2.69. The van der Waals surface area contributed by atoms with Crippen molar-refractivity contribution in [3.63, 3.8) is 0 Å². The van der Waals surface area contributed by atoms with Crippen LogP contribution < -0.4 is 20.1 Å². The Morgan fingerprint density at radius 2 is 1.81 bits per heavy atom. The van der Waals surface area contributed by atoms with Crippen LogP contribution in [0, 0.1) is 0 Å². The van der Waals surface area contributed by atoms with E-state index in [9.17, 15) is 0 Å². The van der Waals surface area contributed by atoms with E-state index in [1.807, 2.05) is 24.3 Å². The maximum absolute atomic E-state index is 5.69. The summed E-state index contributed by atoms with van der Waals surface area (Å²) in [5.41, 5.74) is 2.42. The van der Waals surface area contributed by atoms with Crippen LogP contribution in [0.1, 0.15) is 24.5 Å². The first-order chi connectivity index (χ1) is 12.8. The third-order valence-corrected chi connectivity index (χ3v) is 3.92. The van der Waals surface area contributed by atoms with Gasteiger partial charge in [-0.05, 0) is 36.1 Å². The van der Waals surface area contributed by atoms with E-state index in [2.05, 4.69) is 46.8 Å². The molecule has 2 aromatic rings. The predicted molar refractivity (Wildman–Crippen MR) is 107 cm³/mol. The molecule has 0 aliphatic carbocycles. The van der Waals surface area contributed by atoms with Gasteiger partial charge >= 0.3 is 0 Å². The second-order valence-electron chi connectivity index (χ2n) is 5.92. The van der Waals surface area contributed by atoms with Crippen LogP contribution >= 0.6 is 0 Å². The molecule has 0 aliphatic heterocycles. The van der Waals surface area contributed by atoms with Crippen molar-refractivity contribution in [1.29, 1.82) is 0 Å². The zero-order chi connectivity index (χ0) is 18.6. The lowest BCUT2D eigenvalue weighted by Gasteiger charge is -2.14. The second-order valence-corrected chi connectivity index (χ2v) is 5.92. The quantitative estimate of drug-likeness (QED) is 0.535. The summed E-state index contributed by atoms with van der Waals surface area (Å²) in [6.07, 6.45) is 1.93. The monoisotopic (exact) mass is 355 g/mol. The lowest BCUT2D eigenvalue weighted by atomic mass is 10.1. The molecule has 2 N–H and O–H groups in total. The van der Waals surface area contributed by atoms with Crippen molar-refractivity contribution in [3.05, 3.63) is 59.7 Å². The lowest BCUT2D eigenvalue weighted by molar-refractivity contribution is 0.294. The fraction of sp³-hybridized carbons (Fsp3) is 0.381. The molecule has 0 aliphatic rings. The van der Waals surface area contributed by atoms with Gasteiger partial charge in [-0.3, -0.25) is 4.99 Å². The first kappa shape index (κ1) is 19.6. The van der Waals surface area contributed by atoms with Gasteiger partial charge in [0.2, 0.25) is 0 Å². The maximum Gasteiger partial charge on any atom is 0.191 e. The number of rotatable bonds is 9. The molecular weight excluding hydrogens is 326 g/mol. The van der Waals surface area contributed by atoms with Crippen molar-refractivity contribution in [2.24, 2.45) is 4.99 Å². The smallest absolute Gasteiger partial charge is 0.191 e. The first-order valence-corrected chi connectivity index (χ1v) is 9.05. The average molecular weight is 355 g/mol. The minimum atomic E-state index is 0.662. The minimum Gasteiger partial charge on any atom is -0.493 e. The van der Waals surface area contributed by atoms with Crippen molar-refractivity contribution in [3.8, 4) is 11.5 Å². The third kappa shape index (κ3) is 6.31. The molecule has 0 aromatic heterocycles. The van der Waals surface area contributed by atoms with E-state index in [-0.39, 0.29) is 0 Å². The molecule has 0 atom stereocenters. The largest absolute Gasteiger partial charge is 0.493 e. The van der Waals surface area contributed by atoms with E-state index < -0.39 is 0 Å². The number of guanidine groups is 1. The van der Waals surface area contributed by atoms with E-state index in [0.29, 0.717) is 13.2 Å². The van der Waals surface area contributed by atoms with Crippen LogP contribution in [0.4, 0.5) is 0 Å². The summed E-state index contributed by atoms with van der Waals surface area (Å²) in [4.78, 5) is 4.27. The number of ether oxygens (including phenoxy) is 2. The molecule has 26 heavy (non-hydrogen) atoms. The molecule has 0 bridgehead atoms. The highest BCUT2D eigenvalue weighted by atomic mass is 16.5. The van der Waals surface area contributed by atoms with Gasteiger partial charge in [0, 0.05) is 20.1 Å². The molecular formula is C21H29N3O2. The highest BCUT2D eigenvalue weighted by molar-refractivity contribution is 5.79. The van der Waals surface area contributed by atoms with Crippen molar-refractivity contribution in [2.45, 2.75) is 26.3 Å². The van der Waals surface area contributed by atoms with Crippen LogP contribution in [0.3, 0.4) is 0 Å². The van der Waals surface area contributed by atoms with Crippen molar-refractivity contribution in [1.82, 2.24) is 10.6 Å². The van der Waals surface area contributed by atoms with E-state index >= 15 is 0 Å². The van der Waals surface area contributed by atoms with Gasteiger partial charge in [0.25, 0.3) is 0 Å². The number of methoxy groups -OCH3 is 1. The number of hydrogen-bond donors (Lipinski definition) is 2. The van der Waals surface area contributed by atoms with Crippen LogP contribution in [0.2, 0.25) is 0 Å². The molecule has 0 amide bonds. The van der Waals surface area contributed by atoms with Crippen molar-refractivity contribution >= 4 is 5.96 Å². The summed E-state index contributed by atoms with van der Waals surface area (Å²) in [7, 11) is 3.44. The summed E-state index contributed by atoms with van der Waals surface area (Å²) in [6, 6.07) is 16.4. The van der Waals surface area contributed by atoms with Crippen molar-refractivity contribution in [2.75, 3.05) is 27.3 Å². The van der Waals surface area contributed by atoms with Gasteiger partial charge in [-0.1, -0.05) is 43.3 Å². The molecule has 0 heterocycles. The predicted octanol–water partition coefficient (Wildman–Crippen LogP) is 3.39. The normalized spacial score (nSPS) is 11.1. The van der Waals surface area contributed by atoms with Crippen LogP contribution in [-0.2, 0) is 13.0 Å². The molecule has 2 rings (SSSR count). The first-order valence-electron chi connectivity index (χ1n) is 9.05. The topological polar surface area (TPSA) is 54.9 Å². The molecule has 5 heteroatoms. The zero-order valence-corrected chi connectivity index (χ0v) is 15.9. The summed E-state index contributed by atoms with van der Waals surface area (Å²) < 4.78 is 11.1. The van der Waals surface area contributed by atoms with Gasteiger partial charge in [-0.15, -0.1) is 0 Å². The Balaban J connectivity index is 1.83. The van der Waals surface area contributed by atoms with Crippen LogP contribution in [0.5, 0.6) is 11.5 Å². The summed E-state index contributed by atoms with van der Waals surface area (Å²) >= 11 is 0. The Labute approximate surface area is 156 Å². The molecule has 0 radical (unpaired) electrons. The molecule has 0 unspecified atom stereocenters. The van der Waals surface area contributed by atoms with Gasteiger partial charge in [-0.25, -0.2) is 0 Å². The zero-order valence-electron chi connectivity index (χ0n) is 15.9. The fourth-order valence-corrected chi connectivity index (χ4v) is 2.53. The van der Waals surface area contributed by atoms with Crippen LogP contribution in [0.25, 0.3) is 0 Å². The maximum atomic E-state index is 5.69. The summed E-state index contributed by atoms with van der Waals surface area (Å²) in [5.74, 6) is 2.32. The third-order valence-electron chi connectivity index (χ3n) is 3.92. The lowest BCUT2D eigenvalue weighted by Crippen LogP contribution is -2.37. The minimum absolute atomic E-state index is 0.662. The Bertz CT molecular complexity index is 687. The molecule has 0 saturated heterocycles. The summed E-state index contributed by atoms with van der Waals surface area (Å²) in [6.45, 7) is 4.26. The van der Waals surface area contributed by atoms with E-state index in [4.69, 9.17) is 9.47 Å². The number of nitrogens with zero attached hydrogens (tertiary/aromatic N) is 1. The fourth-order valence-electron chi connectivity index (χ4n) is 2.53. The molecule has 5 nitrogen and oxygen atoms in total. The number of aliphatic imine (C=N–C) groups is 1. The van der Waals surface area contributed by atoms with Crippen LogP contribution in [0.15, 0.2) is 53.5 Å². The van der Waals surface area contributed by atoms with Crippen LogP contribution in [-0.4, -0.2) is 33.3 Å². The highest BCUT2D eigenvalue weighted by Gasteiger charge is 2.06. The standard InChI is InChI=1S/C21H29N3O2/c1-4-14-26-19-11-10-18(15-20(19)25-3)16-24-21(22-2)23-13-12-17-8-6-5-7-9-17/h5-11,15H,4,12-14,16H2,1-3H3,(H2,22,23,24). The summed E-state index contributed by atoms with van der Waals surface area (Å²) in [5, 5.41) is 6.67. The number of nitrogens with one attached hydrogen (secondary N) is 2. The second kappa shape index (κ2) is 11.0. The van der Waals surface area contributed by atoms with Gasteiger partial charge in [0.1, 0.15) is 0 Å². The Kier molecular flexibility index (Phi) is 8.33.